The van der Waals surface area contributed by atoms with Crippen LogP contribution < -0.4 is 0 Å². The minimum Gasteiger partial charge on any atom is -0.418 e. The first kappa shape index (κ1) is 13.1. The Balaban J connectivity index is 0.000000292. The Hall–Kier alpha value is -0.935. The van der Waals surface area contributed by atoms with Crippen molar-refractivity contribution in [1.29, 1.82) is 0 Å². The van der Waals surface area contributed by atoms with Gasteiger partial charge in [0.05, 0.1) is 0 Å². The summed E-state index contributed by atoms with van der Waals surface area (Å²) in [6.45, 7) is 3.38. The van der Waals surface area contributed by atoms with E-state index in [2.05, 4.69) is 36.0 Å². The molecule has 1 aromatic rings. The van der Waals surface area contributed by atoms with E-state index in [0.717, 1.165) is 0 Å². The van der Waals surface area contributed by atoms with Gasteiger partial charge in [0.2, 0.25) is 0 Å². The van der Waals surface area contributed by atoms with E-state index in [1.54, 1.807) is 0 Å². The Morgan fingerprint density at radius 2 is 1.50 bits per heavy atom. The van der Waals surface area contributed by atoms with Crippen LogP contribution in [-0.4, -0.2) is 11.8 Å². The van der Waals surface area contributed by atoms with Crippen LogP contribution in [0.2, 0.25) is 0 Å². The molecule has 0 saturated heterocycles. The van der Waals surface area contributed by atoms with E-state index in [1.807, 2.05) is 0 Å². The first-order valence-electron chi connectivity index (χ1n) is 4.41. The quantitative estimate of drug-likeness (QED) is 0.530. The lowest BCUT2D eigenvalue weighted by molar-refractivity contribution is 0.368. The second kappa shape index (κ2) is 6.51. The summed E-state index contributed by atoms with van der Waals surface area (Å²) in [6, 6.07) is 4.13. The molecule has 0 fully saturated rings. The van der Waals surface area contributed by atoms with Crippen molar-refractivity contribution < 1.29 is 17.3 Å². The molecule has 0 atom stereocenters. The van der Waals surface area contributed by atoms with Gasteiger partial charge in [-0.25, -0.2) is 0 Å². The molecule has 0 bridgehead atoms. The molecule has 0 spiro atoms. The van der Waals surface area contributed by atoms with Crippen LogP contribution in [0.5, 0.6) is 0 Å². The van der Waals surface area contributed by atoms with E-state index in [4.69, 9.17) is 0 Å². The molecule has 0 saturated carbocycles. The predicted octanol–water partition coefficient (Wildman–Crippen LogP) is 3.59. The summed E-state index contributed by atoms with van der Waals surface area (Å²) in [5.74, 6) is 0. The summed E-state index contributed by atoms with van der Waals surface area (Å²) >= 11 is 0. The van der Waals surface area contributed by atoms with Crippen LogP contribution in [0.15, 0.2) is 24.5 Å². The van der Waals surface area contributed by atoms with Gasteiger partial charge in [-0.1, -0.05) is 13.3 Å². The van der Waals surface area contributed by atoms with Crippen molar-refractivity contribution in [3.63, 3.8) is 0 Å². The fourth-order valence-electron chi connectivity index (χ4n) is 0.860. The zero-order valence-electron chi connectivity index (χ0n) is 7.97. The van der Waals surface area contributed by atoms with E-state index in [1.165, 1.54) is 19.4 Å². The van der Waals surface area contributed by atoms with E-state index >= 15 is 0 Å². The van der Waals surface area contributed by atoms with Crippen molar-refractivity contribution in [3.8, 4) is 0 Å². The van der Waals surface area contributed by atoms with Crippen molar-refractivity contribution in [1.82, 2.24) is 4.57 Å². The molecule has 6 heteroatoms. The highest BCUT2D eigenvalue weighted by Gasteiger charge is 2.20. The number of aryl methyl sites for hydroxylation is 1. The molecular weight excluding hydrogens is 197 g/mol. The third-order valence-corrected chi connectivity index (χ3v) is 1.44. The number of halogens is 4. The van der Waals surface area contributed by atoms with Gasteiger partial charge < -0.3 is 21.8 Å². The summed E-state index contributed by atoms with van der Waals surface area (Å²) in [6.07, 6.45) is 6.78. The van der Waals surface area contributed by atoms with Crippen molar-refractivity contribution >= 4 is 7.25 Å². The van der Waals surface area contributed by atoms with Gasteiger partial charge in [-0.15, -0.1) is 0 Å². The Kier molecular flexibility index (Phi) is 6.07. The Morgan fingerprint density at radius 1 is 1.07 bits per heavy atom. The number of unbranched alkanes of at least 4 members (excludes halogenated alkanes) is 1. The van der Waals surface area contributed by atoms with Crippen LogP contribution in [0.25, 0.3) is 0 Å². The van der Waals surface area contributed by atoms with E-state index in [9.17, 15) is 17.3 Å². The highest BCUT2D eigenvalue weighted by Crippen LogP contribution is 2.06. The maximum Gasteiger partial charge on any atom is 0.673 e. The Bertz CT molecular complexity index is 214. The third kappa shape index (κ3) is 11.1. The average molecular weight is 210 g/mol. The molecule has 82 valence electrons. The largest absolute Gasteiger partial charge is 0.673 e. The first-order chi connectivity index (χ1) is 6.43. The minimum absolute atomic E-state index is 1.17. The lowest BCUT2D eigenvalue weighted by Gasteiger charge is -1.97. The van der Waals surface area contributed by atoms with Gasteiger partial charge in [0.15, 0.2) is 0 Å². The number of aromatic nitrogens is 1. The van der Waals surface area contributed by atoms with Gasteiger partial charge in [0.1, 0.15) is 0 Å². The normalized spacial score (nSPS) is 10.6. The van der Waals surface area contributed by atoms with Gasteiger partial charge in [0.25, 0.3) is 0 Å². The minimum atomic E-state index is -6.00. The maximum absolute atomic E-state index is 9.75. The highest BCUT2D eigenvalue weighted by molar-refractivity contribution is 6.50. The van der Waals surface area contributed by atoms with Crippen LogP contribution in [0.3, 0.4) is 0 Å². The fourth-order valence-corrected chi connectivity index (χ4v) is 0.860. The molecule has 0 aliphatic heterocycles. The molecule has 0 aliphatic rings. The van der Waals surface area contributed by atoms with Crippen molar-refractivity contribution in [2.24, 2.45) is 0 Å². The second-order valence-corrected chi connectivity index (χ2v) is 2.77. The van der Waals surface area contributed by atoms with Crippen LogP contribution in [0.1, 0.15) is 19.8 Å². The zero-order chi connectivity index (χ0) is 11.0. The van der Waals surface area contributed by atoms with Gasteiger partial charge >= 0.3 is 7.25 Å². The standard InChI is InChI=1S/C8H13N.BF4/c1-2-3-6-9-7-4-5-8-9;2-1(3,4)5/h4-5,7-8H,2-3,6H2,1H3;/q;-1. The molecule has 1 heterocycles. The zero-order valence-corrected chi connectivity index (χ0v) is 7.97. The monoisotopic (exact) mass is 210 g/mol. The van der Waals surface area contributed by atoms with E-state index < -0.39 is 7.25 Å². The van der Waals surface area contributed by atoms with Crippen LogP contribution in [0.4, 0.5) is 17.3 Å². The molecule has 0 amide bonds. The topological polar surface area (TPSA) is 4.93 Å². The SMILES string of the molecule is CCCCn1cccc1.F[B-](F)(F)F. The predicted molar refractivity (Wildman–Crippen MR) is 49.5 cm³/mol. The summed E-state index contributed by atoms with van der Waals surface area (Å²) in [4.78, 5) is 0. The van der Waals surface area contributed by atoms with E-state index in [-0.39, 0.29) is 0 Å². The molecule has 0 radical (unpaired) electrons. The second-order valence-electron chi connectivity index (χ2n) is 2.77. The van der Waals surface area contributed by atoms with Crippen LogP contribution >= 0.6 is 0 Å². The van der Waals surface area contributed by atoms with Crippen molar-refractivity contribution in [3.05, 3.63) is 24.5 Å². The molecule has 14 heavy (non-hydrogen) atoms. The van der Waals surface area contributed by atoms with E-state index in [0.29, 0.717) is 0 Å². The fraction of sp³-hybridized carbons (Fsp3) is 0.500. The number of rotatable bonds is 3. The van der Waals surface area contributed by atoms with Gasteiger partial charge in [-0.05, 0) is 18.6 Å². The summed E-state index contributed by atoms with van der Waals surface area (Å²) in [7, 11) is -6.00. The van der Waals surface area contributed by atoms with Gasteiger partial charge in [-0.3, -0.25) is 0 Å². The van der Waals surface area contributed by atoms with Gasteiger partial charge in [-0.2, -0.15) is 0 Å². The number of hydrogen-bond donors (Lipinski definition) is 0. The van der Waals surface area contributed by atoms with Crippen molar-refractivity contribution in [2.75, 3.05) is 0 Å². The Labute approximate surface area is 80.8 Å². The molecule has 1 nitrogen and oxygen atoms in total. The maximum atomic E-state index is 9.75. The van der Waals surface area contributed by atoms with Crippen LogP contribution in [0, 0.1) is 0 Å². The number of hydrogen-bond acceptors (Lipinski definition) is 0. The molecule has 0 N–H and O–H groups in total. The Morgan fingerprint density at radius 3 is 1.86 bits per heavy atom. The molecule has 1 rings (SSSR count). The smallest absolute Gasteiger partial charge is 0.418 e. The highest BCUT2D eigenvalue weighted by atomic mass is 19.5. The average Bonchev–Trinajstić information content (AvgIpc) is 2.49. The molecule has 0 aromatic carbocycles. The first-order valence-corrected chi connectivity index (χ1v) is 4.41. The molecule has 0 aliphatic carbocycles. The summed E-state index contributed by atoms with van der Waals surface area (Å²) in [5.41, 5.74) is 0. The van der Waals surface area contributed by atoms with Crippen molar-refractivity contribution in [2.45, 2.75) is 26.3 Å². The lowest BCUT2D eigenvalue weighted by atomic mass is 10.3. The van der Waals surface area contributed by atoms with Crippen LogP contribution in [-0.2, 0) is 6.54 Å². The number of nitrogens with zero attached hydrogens (tertiary/aromatic N) is 1. The lowest BCUT2D eigenvalue weighted by Crippen LogP contribution is -2.02. The summed E-state index contributed by atoms with van der Waals surface area (Å²) < 4.78 is 41.2. The molecule has 1 aromatic heterocycles. The summed E-state index contributed by atoms with van der Waals surface area (Å²) in [5, 5.41) is 0. The van der Waals surface area contributed by atoms with Gasteiger partial charge in [0, 0.05) is 18.9 Å². The third-order valence-electron chi connectivity index (χ3n) is 1.44. The molecule has 0 unspecified atom stereocenters. The molecular formula is C8H13BF4N-.